The van der Waals surface area contributed by atoms with E-state index in [1.807, 2.05) is 24.9 Å². The Kier molecular flexibility index (Phi) is 10.4. The Hall–Kier alpha value is -2.78. The van der Waals surface area contributed by atoms with E-state index < -0.39 is 0 Å². The fourth-order valence-electron chi connectivity index (χ4n) is 3.85. The molecular weight excluding hydrogens is 472 g/mol. The van der Waals surface area contributed by atoms with Crippen LogP contribution in [0.1, 0.15) is 52.4 Å². The number of carbonyl (C=O) groups is 2. The summed E-state index contributed by atoms with van der Waals surface area (Å²) in [6.45, 7) is 9.70. The summed E-state index contributed by atoms with van der Waals surface area (Å²) in [7, 11) is 1.96. The molecule has 194 valence electrons. The number of nitrogens with two attached hydrogens (primary N) is 1. The normalized spacial score (nSPS) is 24.4. The monoisotopic (exact) mass is 510 g/mol. The number of hydrogen-bond acceptors (Lipinski definition) is 8. The molecule has 1 heterocycles. The number of allylic oxidation sites excluding steroid dienone is 4. The van der Waals surface area contributed by atoms with Gasteiger partial charge >= 0.3 is 0 Å². The molecule has 3 aliphatic rings. The van der Waals surface area contributed by atoms with Gasteiger partial charge in [-0.05, 0) is 38.3 Å². The molecule has 36 heavy (non-hydrogen) atoms. The van der Waals surface area contributed by atoms with Crippen molar-refractivity contribution < 1.29 is 9.59 Å². The van der Waals surface area contributed by atoms with Crippen LogP contribution in [0.2, 0.25) is 0 Å². The molecule has 0 aromatic rings. The average Bonchev–Trinajstić information content (AvgIpc) is 3.67. The first-order valence-corrected chi connectivity index (χ1v) is 13.5. The molecule has 2 aliphatic carbocycles. The molecule has 1 amide bonds. The minimum Gasteiger partial charge on any atom is -0.382 e. The van der Waals surface area contributed by atoms with Gasteiger partial charge in [-0.15, -0.1) is 0 Å². The van der Waals surface area contributed by atoms with Crippen LogP contribution in [0.25, 0.3) is 0 Å². The third kappa shape index (κ3) is 8.71. The van der Waals surface area contributed by atoms with E-state index in [0.717, 1.165) is 41.0 Å². The second kappa shape index (κ2) is 13.5. The number of Topliss-reactive ketones (excluding diaryl/α,β-unsaturated/α-hetero) is 1. The van der Waals surface area contributed by atoms with Crippen molar-refractivity contribution in [1.29, 1.82) is 0 Å². The van der Waals surface area contributed by atoms with E-state index in [2.05, 4.69) is 39.9 Å². The molecule has 0 radical (unpaired) electrons. The topological polar surface area (TPSA) is 113 Å². The van der Waals surface area contributed by atoms with Gasteiger partial charge in [-0.25, -0.2) is 9.98 Å². The van der Waals surface area contributed by atoms with Crippen molar-refractivity contribution >= 4 is 40.9 Å². The molecule has 0 aromatic heterocycles. The highest BCUT2D eigenvalue weighted by atomic mass is 32.2. The summed E-state index contributed by atoms with van der Waals surface area (Å²) >= 11 is 1.46. The highest BCUT2D eigenvalue weighted by molar-refractivity contribution is 8.15. The molecule has 0 saturated heterocycles. The Morgan fingerprint density at radius 3 is 2.89 bits per heavy atom. The highest BCUT2D eigenvalue weighted by Gasteiger charge is 2.23. The second-order valence-corrected chi connectivity index (χ2v) is 10.4. The summed E-state index contributed by atoms with van der Waals surface area (Å²) in [5, 5.41) is 3.02. The average molecular weight is 511 g/mol. The molecule has 1 unspecified atom stereocenters. The number of hydrogen-bond donors (Lipinski definition) is 2. The highest BCUT2D eigenvalue weighted by Crippen LogP contribution is 2.30. The van der Waals surface area contributed by atoms with Gasteiger partial charge in [0.25, 0.3) is 0 Å². The second-order valence-electron chi connectivity index (χ2n) is 9.48. The van der Waals surface area contributed by atoms with Crippen LogP contribution < -0.4 is 11.1 Å². The zero-order chi connectivity index (χ0) is 26.1. The van der Waals surface area contributed by atoms with Crippen LogP contribution in [0, 0.1) is 5.92 Å². The van der Waals surface area contributed by atoms with Gasteiger partial charge in [-0.3, -0.25) is 19.5 Å². The van der Waals surface area contributed by atoms with Crippen molar-refractivity contribution in [3.05, 3.63) is 46.3 Å². The molecule has 0 spiro atoms. The predicted molar refractivity (Wildman–Crippen MR) is 150 cm³/mol. The smallest absolute Gasteiger partial charge is 0.221 e. The summed E-state index contributed by atoms with van der Waals surface area (Å²) in [6, 6.07) is 0.368. The molecular formula is C27H38N6O2S. The van der Waals surface area contributed by atoms with Gasteiger partial charge < -0.3 is 11.1 Å². The maximum absolute atomic E-state index is 12.5. The molecule has 1 atom stereocenters. The Morgan fingerprint density at radius 2 is 2.17 bits per heavy atom. The van der Waals surface area contributed by atoms with Gasteiger partial charge in [0.05, 0.1) is 17.8 Å². The first-order chi connectivity index (χ1) is 17.3. The fraction of sp³-hybridized carbons (Fsp3) is 0.519. The summed E-state index contributed by atoms with van der Waals surface area (Å²) in [6.07, 6.45) is 10.4. The van der Waals surface area contributed by atoms with Crippen molar-refractivity contribution in [2.24, 2.45) is 26.6 Å². The molecule has 3 N–H and O–H groups in total. The minimum absolute atomic E-state index is 0.0821. The van der Waals surface area contributed by atoms with Crippen molar-refractivity contribution in [2.75, 3.05) is 26.7 Å². The van der Waals surface area contributed by atoms with Crippen LogP contribution in [0.15, 0.2) is 61.3 Å². The summed E-state index contributed by atoms with van der Waals surface area (Å²) in [5.74, 6) is 0.440. The molecule has 0 aromatic carbocycles. The lowest BCUT2D eigenvalue weighted by molar-refractivity contribution is -0.122. The van der Waals surface area contributed by atoms with Crippen LogP contribution in [0.5, 0.6) is 0 Å². The zero-order valence-corrected chi connectivity index (χ0v) is 22.4. The first kappa shape index (κ1) is 27.8. The maximum atomic E-state index is 12.5. The minimum atomic E-state index is -0.170. The molecule has 8 nitrogen and oxygen atoms in total. The van der Waals surface area contributed by atoms with E-state index in [1.54, 1.807) is 11.8 Å². The van der Waals surface area contributed by atoms with E-state index in [0.29, 0.717) is 56.5 Å². The molecule has 1 fully saturated rings. The Balaban J connectivity index is 1.71. The Bertz CT molecular complexity index is 1050. The van der Waals surface area contributed by atoms with E-state index in [9.17, 15) is 9.59 Å². The zero-order valence-electron chi connectivity index (χ0n) is 21.6. The number of nitrogens with one attached hydrogen (secondary N) is 1. The van der Waals surface area contributed by atoms with Gasteiger partial charge in [-0.2, -0.15) is 0 Å². The largest absolute Gasteiger partial charge is 0.382 e. The number of amides is 1. The van der Waals surface area contributed by atoms with Crippen LogP contribution in [0.3, 0.4) is 0 Å². The fourth-order valence-corrected chi connectivity index (χ4v) is 4.76. The lowest BCUT2D eigenvalue weighted by Gasteiger charge is -2.18. The van der Waals surface area contributed by atoms with Crippen molar-refractivity contribution in [3.63, 3.8) is 0 Å². The standard InChI is InChI=1S/C27H38N6O2S/c1-5-20-14-18(2)6-9-23(34)19(3)15-24(20)36-17-31-26-22(29-11-12-30-27(26)28)16-33(4)13-10-25(35)32-21-7-8-21/h12,14-15,17,19,21H,2,5-11,13,16,28H2,1,3-4H3,(H,32,35)/b20-14-,24-15+,31-17+. The molecule has 1 aliphatic heterocycles. The molecule has 1 saturated carbocycles. The lowest BCUT2D eigenvalue weighted by atomic mass is 10.0. The van der Waals surface area contributed by atoms with Gasteiger partial charge in [-0.1, -0.05) is 49.9 Å². The van der Waals surface area contributed by atoms with Crippen LogP contribution >= 0.6 is 11.8 Å². The summed E-state index contributed by atoms with van der Waals surface area (Å²) < 4.78 is 0. The van der Waals surface area contributed by atoms with E-state index in [-0.39, 0.29) is 17.6 Å². The van der Waals surface area contributed by atoms with Gasteiger partial charge in [0.2, 0.25) is 5.91 Å². The quantitative estimate of drug-likeness (QED) is 0.343. The first-order valence-electron chi connectivity index (χ1n) is 12.6. The molecule has 9 heteroatoms. The maximum Gasteiger partial charge on any atom is 0.221 e. The van der Waals surface area contributed by atoms with Crippen LogP contribution in [-0.4, -0.2) is 66.8 Å². The molecule has 3 rings (SSSR count). The number of aliphatic imine (C=N–C) groups is 3. The third-order valence-electron chi connectivity index (χ3n) is 6.23. The Morgan fingerprint density at radius 1 is 1.39 bits per heavy atom. The van der Waals surface area contributed by atoms with Gasteiger partial charge in [0, 0.05) is 49.0 Å². The number of thioether (sulfide) groups is 1. The van der Waals surface area contributed by atoms with E-state index in [1.165, 1.54) is 11.8 Å². The SMILES string of the molecule is C=C1/C=C(CC)\C(S/C=N/C2=C(N)N=CCN=C2CN(C)CCC(=O)NC2CC2)=C/C(C)C(=O)CC1. The van der Waals surface area contributed by atoms with Crippen molar-refractivity contribution in [1.82, 2.24) is 10.2 Å². The summed E-state index contributed by atoms with van der Waals surface area (Å²) in [4.78, 5) is 41.1. The van der Waals surface area contributed by atoms with E-state index in [4.69, 9.17) is 5.73 Å². The van der Waals surface area contributed by atoms with Gasteiger partial charge in [0.1, 0.15) is 11.5 Å². The number of ketones is 1. The third-order valence-corrected chi connectivity index (χ3v) is 7.09. The predicted octanol–water partition coefficient (Wildman–Crippen LogP) is 3.78. The number of carbonyl (C=O) groups excluding carboxylic acids is 2. The molecule has 0 bridgehead atoms. The lowest BCUT2D eigenvalue weighted by Crippen LogP contribution is -2.33. The van der Waals surface area contributed by atoms with E-state index >= 15 is 0 Å². The van der Waals surface area contributed by atoms with Crippen molar-refractivity contribution in [2.45, 2.75) is 58.4 Å². The van der Waals surface area contributed by atoms with Crippen LogP contribution in [-0.2, 0) is 9.59 Å². The number of rotatable bonds is 10. The van der Waals surface area contributed by atoms with Crippen LogP contribution in [0.4, 0.5) is 0 Å². The Labute approximate surface area is 218 Å². The number of nitrogens with zero attached hydrogens (tertiary/aromatic N) is 4. The summed E-state index contributed by atoms with van der Waals surface area (Å²) in [5.41, 5.74) is 11.4. The van der Waals surface area contributed by atoms with Gasteiger partial charge in [0.15, 0.2) is 5.82 Å². The van der Waals surface area contributed by atoms with Crippen molar-refractivity contribution in [3.8, 4) is 0 Å².